The Bertz CT molecular complexity index is 644. The molecule has 0 spiro atoms. The first kappa shape index (κ1) is 16.5. The van der Waals surface area contributed by atoms with Gasteiger partial charge in [0.15, 0.2) is 0 Å². The summed E-state index contributed by atoms with van der Waals surface area (Å²) in [6.07, 6.45) is 3.53. The van der Waals surface area contributed by atoms with Crippen molar-refractivity contribution in [3.63, 3.8) is 0 Å². The van der Waals surface area contributed by atoms with Crippen LogP contribution in [0.25, 0.3) is 0 Å². The number of amides is 2. The van der Waals surface area contributed by atoms with Gasteiger partial charge in [0.05, 0.1) is 5.56 Å². The highest BCUT2D eigenvalue weighted by Crippen LogP contribution is 2.23. The molecule has 1 aromatic carbocycles. The van der Waals surface area contributed by atoms with Gasteiger partial charge in [0, 0.05) is 37.7 Å². The zero-order valence-corrected chi connectivity index (χ0v) is 13.6. The van der Waals surface area contributed by atoms with Gasteiger partial charge in [0.1, 0.15) is 0 Å². The molecule has 2 aliphatic heterocycles. The fourth-order valence-electron chi connectivity index (χ4n) is 3.49. The van der Waals surface area contributed by atoms with Crippen molar-refractivity contribution in [1.29, 1.82) is 0 Å². The van der Waals surface area contributed by atoms with Crippen molar-refractivity contribution < 1.29 is 19.5 Å². The van der Waals surface area contributed by atoms with Gasteiger partial charge in [-0.25, -0.2) is 4.79 Å². The molecule has 128 valence electrons. The third-order valence-corrected chi connectivity index (χ3v) is 4.91. The van der Waals surface area contributed by atoms with Crippen molar-refractivity contribution in [3.05, 3.63) is 35.4 Å². The molecule has 2 saturated heterocycles. The van der Waals surface area contributed by atoms with E-state index in [1.807, 2.05) is 4.90 Å². The van der Waals surface area contributed by atoms with Crippen molar-refractivity contribution in [2.75, 3.05) is 26.2 Å². The second-order valence-corrected chi connectivity index (χ2v) is 6.48. The lowest BCUT2D eigenvalue weighted by Crippen LogP contribution is -2.43. The molecule has 6 nitrogen and oxygen atoms in total. The molecule has 6 heteroatoms. The Balaban J connectivity index is 1.60. The monoisotopic (exact) mass is 330 g/mol. The smallest absolute Gasteiger partial charge is 0.335 e. The number of likely N-dealkylation sites (tertiary alicyclic amines) is 2. The first-order valence-electron chi connectivity index (χ1n) is 8.47. The zero-order chi connectivity index (χ0) is 17.1. The number of carboxylic acid groups (broad SMARTS) is 1. The van der Waals surface area contributed by atoms with Crippen LogP contribution in [0.1, 0.15) is 46.4 Å². The van der Waals surface area contributed by atoms with E-state index in [9.17, 15) is 14.4 Å². The molecule has 2 fully saturated rings. The molecule has 24 heavy (non-hydrogen) atoms. The average Bonchev–Trinajstić information content (AvgIpc) is 3.15. The fraction of sp³-hybridized carbons (Fsp3) is 0.500. The second kappa shape index (κ2) is 7.03. The van der Waals surface area contributed by atoms with Crippen LogP contribution in [0.3, 0.4) is 0 Å². The summed E-state index contributed by atoms with van der Waals surface area (Å²) in [5, 5.41) is 9.03. The number of rotatable bonds is 3. The Morgan fingerprint density at radius 3 is 2.17 bits per heavy atom. The molecule has 0 aromatic heterocycles. The highest BCUT2D eigenvalue weighted by atomic mass is 16.4. The number of nitrogens with zero attached hydrogens (tertiary/aromatic N) is 2. The van der Waals surface area contributed by atoms with Crippen LogP contribution in [0.4, 0.5) is 0 Å². The van der Waals surface area contributed by atoms with Gasteiger partial charge in [-0.1, -0.05) is 6.07 Å². The number of carboxylic acids is 1. The number of hydrogen-bond donors (Lipinski definition) is 1. The van der Waals surface area contributed by atoms with Gasteiger partial charge in [0.25, 0.3) is 5.91 Å². The van der Waals surface area contributed by atoms with E-state index < -0.39 is 5.97 Å². The molecule has 3 rings (SSSR count). The summed E-state index contributed by atoms with van der Waals surface area (Å²) in [7, 11) is 0. The van der Waals surface area contributed by atoms with E-state index in [0.29, 0.717) is 31.5 Å². The molecular formula is C18H22N2O4. The molecule has 0 unspecified atom stereocenters. The van der Waals surface area contributed by atoms with E-state index in [1.54, 1.807) is 17.0 Å². The maximum absolute atomic E-state index is 12.5. The van der Waals surface area contributed by atoms with E-state index >= 15 is 0 Å². The van der Waals surface area contributed by atoms with Gasteiger partial charge in [-0.15, -0.1) is 0 Å². The molecule has 2 heterocycles. The predicted molar refractivity (Wildman–Crippen MR) is 87.8 cm³/mol. The number of carbonyl (C=O) groups is 3. The third kappa shape index (κ3) is 3.42. The molecule has 2 amide bonds. The SMILES string of the molecule is O=C(O)c1cccc(C(=O)N2CCC(C(=O)N3CCCC3)CC2)c1. The lowest BCUT2D eigenvalue weighted by Gasteiger charge is -2.33. The minimum absolute atomic E-state index is 0.0116. The third-order valence-electron chi connectivity index (χ3n) is 4.91. The zero-order valence-electron chi connectivity index (χ0n) is 13.6. The van der Waals surface area contributed by atoms with Crippen LogP contribution in [0.15, 0.2) is 24.3 Å². The lowest BCUT2D eigenvalue weighted by molar-refractivity contribution is -0.135. The van der Waals surface area contributed by atoms with Gasteiger partial charge < -0.3 is 14.9 Å². The summed E-state index contributed by atoms with van der Waals surface area (Å²) < 4.78 is 0. The summed E-state index contributed by atoms with van der Waals surface area (Å²) in [4.78, 5) is 39.7. The predicted octanol–water partition coefficient (Wildman–Crippen LogP) is 1.86. The Morgan fingerprint density at radius 1 is 0.917 bits per heavy atom. The summed E-state index contributed by atoms with van der Waals surface area (Å²) >= 11 is 0. The summed E-state index contributed by atoms with van der Waals surface area (Å²) in [6, 6.07) is 6.10. The maximum Gasteiger partial charge on any atom is 0.335 e. The van der Waals surface area contributed by atoms with Gasteiger partial charge >= 0.3 is 5.97 Å². The van der Waals surface area contributed by atoms with E-state index in [0.717, 1.165) is 25.9 Å². The van der Waals surface area contributed by atoms with Crippen LogP contribution < -0.4 is 0 Å². The highest BCUT2D eigenvalue weighted by molar-refractivity contribution is 5.97. The molecule has 0 bridgehead atoms. The minimum Gasteiger partial charge on any atom is -0.478 e. The Hall–Kier alpha value is -2.37. The molecule has 0 aliphatic carbocycles. The molecule has 1 aromatic rings. The fourth-order valence-corrected chi connectivity index (χ4v) is 3.49. The molecule has 1 N–H and O–H groups in total. The van der Waals surface area contributed by atoms with Crippen LogP contribution in [-0.2, 0) is 4.79 Å². The van der Waals surface area contributed by atoms with Gasteiger partial charge in [-0.05, 0) is 43.9 Å². The van der Waals surface area contributed by atoms with E-state index in [2.05, 4.69) is 0 Å². The van der Waals surface area contributed by atoms with Gasteiger partial charge in [0.2, 0.25) is 5.91 Å². The van der Waals surface area contributed by atoms with Gasteiger partial charge in [-0.3, -0.25) is 9.59 Å². The van der Waals surface area contributed by atoms with Crippen molar-refractivity contribution in [3.8, 4) is 0 Å². The van der Waals surface area contributed by atoms with Crippen molar-refractivity contribution in [2.45, 2.75) is 25.7 Å². The van der Waals surface area contributed by atoms with E-state index in [-0.39, 0.29) is 23.3 Å². The molecule has 0 radical (unpaired) electrons. The maximum atomic E-state index is 12.5. The summed E-state index contributed by atoms with van der Waals surface area (Å²) in [5.74, 6) is -0.963. The first-order valence-corrected chi connectivity index (χ1v) is 8.47. The quantitative estimate of drug-likeness (QED) is 0.917. The molecule has 0 atom stereocenters. The number of carbonyl (C=O) groups excluding carboxylic acids is 2. The van der Waals surface area contributed by atoms with E-state index in [4.69, 9.17) is 5.11 Å². The topological polar surface area (TPSA) is 77.9 Å². The number of benzene rings is 1. The standard InChI is InChI=1S/C18H22N2O4/c21-16(19-8-1-2-9-19)13-6-10-20(11-7-13)17(22)14-4-3-5-15(12-14)18(23)24/h3-5,12-13H,1-2,6-11H2,(H,23,24). The van der Waals surface area contributed by atoms with E-state index in [1.165, 1.54) is 12.1 Å². The second-order valence-electron chi connectivity index (χ2n) is 6.48. The molecule has 0 saturated carbocycles. The highest BCUT2D eigenvalue weighted by Gasteiger charge is 2.31. The van der Waals surface area contributed by atoms with Crippen LogP contribution in [-0.4, -0.2) is 58.9 Å². The van der Waals surface area contributed by atoms with Crippen LogP contribution in [0.5, 0.6) is 0 Å². The molecule has 2 aliphatic rings. The number of hydrogen-bond acceptors (Lipinski definition) is 3. The first-order chi connectivity index (χ1) is 11.6. The largest absolute Gasteiger partial charge is 0.478 e. The van der Waals surface area contributed by atoms with Crippen molar-refractivity contribution in [2.24, 2.45) is 5.92 Å². The lowest BCUT2D eigenvalue weighted by atomic mass is 9.94. The van der Waals surface area contributed by atoms with Crippen molar-refractivity contribution in [1.82, 2.24) is 9.80 Å². The molecular weight excluding hydrogens is 308 g/mol. The van der Waals surface area contributed by atoms with Crippen LogP contribution in [0.2, 0.25) is 0 Å². The Labute approximate surface area is 141 Å². The van der Waals surface area contributed by atoms with Gasteiger partial charge in [-0.2, -0.15) is 0 Å². The Kier molecular flexibility index (Phi) is 4.83. The minimum atomic E-state index is -1.04. The van der Waals surface area contributed by atoms with Crippen LogP contribution in [0, 0.1) is 5.92 Å². The number of piperidine rings is 1. The normalized spacial score (nSPS) is 18.7. The summed E-state index contributed by atoms with van der Waals surface area (Å²) in [6.45, 7) is 2.81. The Morgan fingerprint density at radius 2 is 1.54 bits per heavy atom. The summed E-state index contributed by atoms with van der Waals surface area (Å²) in [5.41, 5.74) is 0.499. The average molecular weight is 330 g/mol. The van der Waals surface area contributed by atoms with Crippen molar-refractivity contribution >= 4 is 17.8 Å². The number of aromatic carboxylic acids is 1. The van der Waals surface area contributed by atoms with Crippen LogP contribution >= 0.6 is 0 Å².